The number of hydrogen-bond donors (Lipinski definition) is 0. The Morgan fingerprint density at radius 2 is 1.96 bits per heavy atom. The zero-order valence-electron chi connectivity index (χ0n) is 12.1. The molecule has 1 spiro atoms. The van der Waals surface area contributed by atoms with E-state index in [1.54, 1.807) is 24.4 Å². The van der Waals surface area contributed by atoms with Crippen LogP contribution < -0.4 is 0 Å². The van der Waals surface area contributed by atoms with Gasteiger partial charge in [-0.05, 0) is 53.3 Å². The number of aromatic nitrogens is 1. The maximum absolute atomic E-state index is 14.6. The average Bonchev–Trinajstić information content (AvgIpc) is 2.90. The molecule has 2 aliphatic rings. The van der Waals surface area contributed by atoms with Gasteiger partial charge in [-0.3, -0.25) is 0 Å². The van der Waals surface area contributed by atoms with Crippen molar-refractivity contribution in [3.63, 3.8) is 0 Å². The molecule has 2 heterocycles. The Hall–Kier alpha value is -2.01. The highest BCUT2D eigenvalue weighted by Crippen LogP contribution is 2.52. The van der Waals surface area contributed by atoms with Gasteiger partial charge in [-0.2, -0.15) is 8.78 Å². The molecular formula is C17H13ClF2N2O. The average molecular weight is 335 g/mol. The summed E-state index contributed by atoms with van der Waals surface area (Å²) in [6, 6.07) is 9.14. The summed E-state index contributed by atoms with van der Waals surface area (Å²) in [6.07, 6.45) is 3.62. The van der Waals surface area contributed by atoms with Gasteiger partial charge >= 0.3 is 5.92 Å². The van der Waals surface area contributed by atoms with E-state index < -0.39 is 18.1 Å². The van der Waals surface area contributed by atoms with Gasteiger partial charge in [-0.1, -0.05) is 23.7 Å². The van der Waals surface area contributed by atoms with Crippen LogP contribution in [-0.4, -0.2) is 23.9 Å². The minimum Gasteiger partial charge on any atom is -0.477 e. The van der Waals surface area contributed by atoms with Crippen LogP contribution in [0.2, 0.25) is 5.15 Å². The minimum atomic E-state index is -3.03. The Labute approximate surface area is 137 Å². The molecule has 23 heavy (non-hydrogen) atoms. The molecule has 0 saturated carbocycles. The third-order valence-corrected chi connectivity index (χ3v) is 4.80. The molecule has 0 amide bonds. The summed E-state index contributed by atoms with van der Waals surface area (Å²) in [5.74, 6) is -3.03. The predicted molar refractivity (Wildman–Crippen MR) is 84.1 cm³/mol. The molecule has 0 saturated heterocycles. The van der Waals surface area contributed by atoms with Crippen LogP contribution >= 0.6 is 11.6 Å². The van der Waals surface area contributed by atoms with E-state index in [2.05, 4.69) is 9.98 Å². The Morgan fingerprint density at radius 1 is 1.13 bits per heavy atom. The fourth-order valence-electron chi connectivity index (χ4n) is 3.39. The van der Waals surface area contributed by atoms with Gasteiger partial charge in [0.25, 0.3) is 0 Å². The highest BCUT2D eigenvalue weighted by atomic mass is 35.5. The fourth-order valence-corrected chi connectivity index (χ4v) is 3.56. The van der Waals surface area contributed by atoms with Crippen molar-refractivity contribution in [2.75, 3.05) is 6.61 Å². The number of alkyl halides is 2. The van der Waals surface area contributed by atoms with Gasteiger partial charge in [-0.15, -0.1) is 0 Å². The first-order chi connectivity index (χ1) is 11.0. The maximum atomic E-state index is 14.6. The third kappa shape index (κ3) is 2.14. The Morgan fingerprint density at radius 3 is 2.74 bits per heavy atom. The van der Waals surface area contributed by atoms with Gasteiger partial charge in [0.15, 0.2) is 18.5 Å². The molecule has 3 nitrogen and oxygen atoms in total. The number of hydrogen-bond acceptors (Lipinski definition) is 3. The van der Waals surface area contributed by atoms with Crippen molar-refractivity contribution in [1.82, 2.24) is 4.98 Å². The van der Waals surface area contributed by atoms with Crippen LogP contribution in [0.5, 0.6) is 0 Å². The molecule has 2 aromatic rings. The molecule has 0 bridgehead atoms. The Bertz CT molecular complexity index is 809. The molecule has 0 N–H and O–H groups in total. The molecule has 118 valence electrons. The third-order valence-electron chi connectivity index (χ3n) is 4.59. The fraction of sp³-hybridized carbons (Fsp3) is 0.294. The summed E-state index contributed by atoms with van der Waals surface area (Å²) in [6.45, 7) is -0.638. The lowest BCUT2D eigenvalue weighted by Gasteiger charge is -2.36. The van der Waals surface area contributed by atoms with Gasteiger partial charge in [0.2, 0.25) is 0 Å². The largest absolute Gasteiger partial charge is 0.477 e. The van der Waals surface area contributed by atoms with Crippen LogP contribution in [0, 0.1) is 0 Å². The molecule has 0 unspecified atom stereocenters. The molecule has 4 rings (SSSR count). The van der Waals surface area contributed by atoms with Crippen LogP contribution in [0.1, 0.15) is 17.5 Å². The number of aliphatic imine (C=N–C) groups is 1. The van der Waals surface area contributed by atoms with Crippen LogP contribution in [0.3, 0.4) is 0 Å². The lowest BCUT2D eigenvalue weighted by atomic mass is 9.84. The topological polar surface area (TPSA) is 34.5 Å². The first-order valence-corrected chi connectivity index (χ1v) is 7.68. The number of fused-ring (bicyclic) bond motifs is 2. The van der Waals surface area contributed by atoms with Crippen LogP contribution in [0.25, 0.3) is 11.1 Å². The second-order valence-electron chi connectivity index (χ2n) is 5.85. The van der Waals surface area contributed by atoms with E-state index >= 15 is 0 Å². The van der Waals surface area contributed by atoms with Crippen molar-refractivity contribution in [3.8, 4) is 11.1 Å². The molecule has 1 aliphatic carbocycles. The number of halogens is 3. The SMILES string of the molecule is FC1(F)COC=N[C@@]12CCc1ccc(-c3ccnc(Cl)c3)cc12. The summed E-state index contributed by atoms with van der Waals surface area (Å²) in [5.41, 5.74) is 1.63. The van der Waals surface area contributed by atoms with E-state index in [0.717, 1.165) is 23.1 Å². The quantitative estimate of drug-likeness (QED) is 0.731. The normalized spacial score (nSPS) is 24.5. The standard InChI is InChI=1S/C17H13ClF2N2O/c18-15-8-13(4-6-21-15)12-2-1-11-3-5-16(14(11)7-12)17(19,20)9-23-10-22-16/h1-2,4,6-8,10H,3,5,9H2/t16-/m1/s1. The zero-order valence-corrected chi connectivity index (χ0v) is 12.9. The summed E-state index contributed by atoms with van der Waals surface area (Å²) in [5, 5.41) is 0.368. The van der Waals surface area contributed by atoms with Gasteiger partial charge in [-0.25, -0.2) is 9.98 Å². The number of ether oxygens (including phenoxy) is 1. The van der Waals surface area contributed by atoms with Crippen molar-refractivity contribution in [3.05, 3.63) is 52.8 Å². The van der Waals surface area contributed by atoms with Crippen LogP contribution in [0.4, 0.5) is 8.78 Å². The monoisotopic (exact) mass is 334 g/mol. The number of pyridine rings is 1. The van der Waals surface area contributed by atoms with Crippen LogP contribution in [-0.2, 0) is 16.7 Å². The summed E-state index contributed by atoms with van der Waals surface area (Å²) in [7, 11) is 0. The number of aryl methyl sites for hydroxylation is 1. The lowest BCUT2D eigenvalue weighted by molar-refractivity contribution is -0.118. The van der Waals surface area contributed by atoms with E-state index in [0.29, 0.717) is 17.1 Å². The second-order valence-corrected chi connectivity index (χ2v) is 6.24. The van der Waals surface area contributed by atoms with Crippen molar-refractivity contribution in [2.45, 2.75) is 24.3 Å². The molecule has 0 fully saturated rings. The van der Waals surface area contributed by atoms with E-state index in [-0.39, 0.29) is 6.42 Å². The Kier molecular flexibility index (Phi) is 3.17. The maximum Gasteiger partial charge on any atom is 0.310 e. The number of rotatable bonds is 1. The molecule has 1 aliphatic heterocycles. The summed E-state index contributed by atoms with van der Waals surface area (Å²) in [4.78, 5) is 8.02. The van der Waals surface area contributed by atoms with E-state index in [4.69, 9.17) is 16.3 Å². The zero-order chi connectivity index (χ0) is 16.1. The van der Waals surface area contributed by atoms with Gasteiger partial charge < -0.3 is 4.74 Å². The number of benzene rings is 1. The Balaban J connectivity index is 1.87. The summed E-state index contributed by atoms with van der Waals surface area (Å²) < 4.78 is 33.9. The van der Waals surface area contributed by atoms with E-state index in [1.165, 1.54) is 0 Å². The summed E-state index contributed by atoms with van der Waals surface area (Å²) >= 11 is 5.93. The smallest absolute Gasteiger partial charge is 0.310 e. The van der Waals surface area contributed by atoms with Crippen molar-refractivity contribution in [2.24, 2.45) is 4.99 Å². The molecular weight excluding hydrogens is 322 g/mol. The second kappa shape index (κ2) is 4.99. The number of nitrogens with zero attached hydrogens (tertiary/aromatic N) is 2. The lowest BCUT2D eigenvalue weighted by Crippen LogP contribution is -2.48. The molecule has 0 radical (unpaired) electrons. The van der Waals surface area contributed by atoms with Crippen LogP contribution in [0.15, 0.2) is 41.5 Å². The highest BCUT2D eigenvalue weighted by molar-refractivity contribution is 6.29. The predicted octanol–water partition coefficient (Wildman–Crippen LogP) is 4.24. The van der Waals surface area contributed by atoms with E-state index in [9.17, 15) is 8.78 Å². The molecule has 6 heteroatoms. The minimum absolute atomic E-state index is 0.287. The van der Waals surface area contributed by atoms with Gasteiger partial charge in [0.1, 0.15) is 5.15 Å². The van der Waals surface area contributed by atoms with Gasteiger partial charge in [0, 0.05) is 6.20 Å². The first kappa shape index (κ1) is 14.6. The van der Waals surface area contributed by atoms with Crippen molar-refractivity contribution in [1.29, 1.82) is 0 Å². The van der Waals surface area contributed by atoms with E-state index in [1.807, 2.05) is 12.1 Å². The molecule has 1 aromatic carbocycles. The highest BCUT2D eigenvalue weighted by Gasteiger charge is 2.59. The van der Waals surface area contributed by atoms with Gasteiger partial charge in [0.05, 0.1) is 0 Å². The first-order valence-electron chi connectivity index (χ1n) is 7.30. The molecule has 1 atom stereocenters. The molecule has 1 aromatic heterocycles. The van der Waals surface area contributed by atoms with Crippen molar-refractivity contribution < 1.29 is 13.5 Å². The van der Waals surface area contributed by atoms with Crippen molar-refractivity contribution >= 4 is 18.0 Å².